The molecular weight excluding hydrogens is 520 g/mol. The number of nitrogens with one attached hydrogen (secondary N) is 1. The summed E-state index contributed by atoms with van der Waals surface area (Å²) in [4.78, 5) is 37.8. The van der Waals surface area contributed by atoms with E-state index in [0.29, 0.717) is 13.1 Å². The van der Waals surface area contributed by atoms with Gasteiger partial charge in [0, 0.05) is 51.3 Å². The molecule has 0 radical (unpaired) electrons. The summed E-state index contributed by atoms with van der Waals surface area (Å²) in [6.07, 6.45) is -9.38. The monoisotopic (exact) mass is 547 g/mol. The molecule has 2 amide bonds. The lowest BCUT2D eigenvalue weighted by Crippen LogP contribution is -2.47. The summed E-state index contributed by atoms with van der Waals surface area (Å²) in [5, 5.41) is 10.3. The molecule has 7 nitrogen and oxygen atoms in total. The highest BCUT2D eigenvalue weighted by Gasteiger charge is 2.38. The molecule has 0 bridgehead atoms. The minimum absolute atomic E-state index is 0.0315. The van der Waals surface area contributed by atoms with E-state index in [1.165, 1.54) is 17.0 Å². The molecule has 13 heteroatoms. The first-order valence-corrected chi connectivity index (χ1v) is 11.5. The molecule has 1 saturated heterocycles. The molecule has 2 N–H and O–H groups in total. The predicted molar refractivity (Wildman–Crippen MR) is 125 cm³/mol. The summed E-state index contributed by atoms with van der Waals surface area (Å²) in [6.45, 7) is 5.14. The van der Waals surface area contributed by atoms with Crippen molar-refractivity contribution in [3.05, 3.63) is 70.8 Å². The van der Waals surface area contributed by atoms with Gasteiger partial charge in [0.2, 0.25) is 5.91 Å². The van der Waals surface area contributed by atoms with Gasteiger partial charge in [-0.3, -0.25) is 9.59 Å². The first kappa shape index (κ1) is 30.6. The molecule has 1 aliphatic heterocycles. The molecule has 0 unspecified atom stereocenters. The molecule has 38 heavy (non-hydrogen) atoms. The van der Waals surface area contributed by atoms with Gasteiger partial charge < -0.3 is 20.2 Å². The number of carbonyl (C=O) groups excluding carboxylic acids is 2. The zero-order chi connectivity index (χ0) is 28.5. The molecule has 0 aromatic heterocycles. The van der Waals surface area contributed by atoms with Crippen molar-refractivity contribution in [3.8, 4) is 0 Å². The van der Waals surface area contributed by atoms with Crippen molar-refractivity contribution in [2.45, 2.75) is 32.2 Å². The van der Waals surface area contributed by atoms with Crippen molar-refractivity contribution in [3.63, 3.8) is 0 Å². The van der Waals surface area contributed by atoms with Crippen LogP contribution >= 0.6 is 0 Å². The quantitative estimate of drug-likeness (QED) is 0.532. The van der Waals surface area contributed by atoms with Crippen LogP contribution in [0.2, 0.25) is 0 Å². The van der Waals surface area contributed by atoms with Gasteiger partial charge in [-0.1, -0.05) is 29.8 Å². The summed E-state index contributed by atoms with van der Waals surface area (Å²) >= 11 is 0. The van der Waals surface area contributed by atoms with E-state index in [2.05, 4.69) is 5.32 Å². The van der Waals surface area contributed by atoms with Crippen molar-refractivity contribution in [2.75, 3.05) is 32.7 Å². The number of hydrogen-bond acceptors (Lipinski definition) is 4. The maximum atomic E-state index is 13.1. The Balaban J connectivity index is 0.000000638. The lowest BCUT2D eigenvalue weighted by molar-refractivity contribution is -0.192. The molecule has 2 aromatic rings. The van der Waals surface area contributed by atoms with Crippen LogP contribution in [0, 0.1) is 6.92 Å². The summed E-state index contributed by atoms with van der Waals surface area (Å²) in [6, 6.07) is 11.9. The molecule has 0 atom stereocenters. The van der Waals surface area contributed by atoms with Gasteiger partial charge in [-0.25, -0.2) is 4.79 Å². The maximum absolute atomic E-state index is 13.1. The second-order valence-corrected chi connectivity index (χ2v) is 8.47. The van der Waals surface area contributed by atoms with E-state index in [1.807, 2.05) is 31.2 Å². The van der Waals surface area contributed by atoms with Gasteiger partial charge in [0.05, 0.1) is 5.56 Å². The number of halogens is 6. The number of carboxylic acids is 1. The molecule has 0 spiro atoms. The average Bonchev–Trinajstić information content (AvgIpc) is 2.86. The summed E-state index contributed by atoms with van der Waals surface area (Å²) < 4.78 is 70.3. The Kier molecular flexibility index (Phi) is 10.7. The van der Waals surface area contributed by atoms with Gasteiger partial charge >= 0.3 is 18.3 Å². The molecule has 208 valence electrons. The second kappa shape index (κ2) is 13.3. The Labute approximate surface area is 215 Å². The van der Waals surface area contributed by atoms with Crippen molar-refractivity contribution in [2.24, 2.45) is 0 Å². The highest BCUT2D eigenvalue weighted by molar-refractivity contribution is 5.94. The number of nitrogens with zero attached hydrogens (tertiary/aromatic N) is 2. The fraction of sp³-hybridized carbons (Fsp3) is 0.400. The molecule has 1 heterocycles. The van der Waals surface area contributed by atoms with E-state index in [-0.39, 0.29) is 31.0 Å². The number of hydrogen-bond donors (Lipinski definition) is 2. The van der Waals surface area contributed by atoms with Crippen LogP contribution in [0.3, 0.4) is 0 Å². The number of aliphatic carboxylic acids is 1. The lowest BCUT2D eigenvalue weighted by Gasteiger charge is -2.29. The number of piperazine rings is 1. The van der Waals surface area contributed by atoms with Crippen molar-refractivity contribution in [1.29, 1.82) is 0 Å². The Bertz CT molecular complexity index is 1100. The predicted octanol–water partition coefficient (Wildman–Crippen LogP) is 4.11. The number of amides is 2. The third kappa shape index (κ3) is 9.69. The van der Waals surface area contributed by atoms with Gasteiger partial charge in [-0.05, 0) is 36.8 Å². The Morgan fingerprint density at radius 2 is 1.55 bits per heavy atom. The van der Waals surface area contributed by atoms with Crippen LogP contribution in [0.1, 0.15) is 33.5 Å². The molecule has 1 aliphatic rings. The molecular formula is C25H27F6N3O4. The van der Waals surface area contributed by atoms with Crippen molar-refractivity contribution >= 4 is 17.8 Å². The van der Waals surface area contributed by atoms with Crippen LogP contribution in [0.15, 0.2) is 48.5 Å². The zero-order valence-corrected chi connectivity index (χ0v) is 20.4. The van der Waals surface area contributed by atoms with Gasteiger partial charge in [0.25, 0.3) is 5.91 Å². The fourth-order valence-corrected chi connectivity index (χ4v) is 3.57. The number of rotatable bonds is 6. The van der Waals surface area contributed by atoms with E-state index < -0.39 is 29.8 Å². The van der Waals surface area contributed by atoms with E-state index in [9.17, 15) is 35.9 Å². The average molecular weight is 547 g/mol. The zero-order valence-electron chi connectivity index (χ0n) is 20.4. The van der Waals surface area contributed by atoms with E-state index in [1.54, 1.807) is 4.90 Å². The van der Waals surface area contributed by atoms with Gasteiger partial charge in [-0.15, -0.1) is 0 Å². The van der Waals surface area contributed by atoms with E-state index in [0.717, 1.165) is 36.3 Å². The summed E-state index contributed by atoms with van der Waals surface area (Å²) in [5.41, 5.74) is 1.30. The molecule has 0 aliphatic carbocycles. The number of alkyl halides is 6. The Morgan fingerprint density at radius 1 is 0.974 bits per heavy atom. The summed E-state index contributed by atoms with van der Waals surface area (Å²) in [7, 11) is 0. The van der Waals surface area contributed by atoms with Gasteiger partial charge in [0.1, 0.15) is 0 Å². The number of carbonyl (C=O) groups is 3. The van der Waals surface area contributed by atoms with E-state index in [4.69, 9.17) is 9.90 Å². The third-order valence-corrected chi connectivity index (χ3v) is 5.51. The normalized spacial score (nSPS) is 13.8. The largest absolute Gasteiger partial charge is 0.490 e. The Hall–Kier alpha value is -3.61. The van der Waals surface area contributed by atoms with Crippen LogP contribution in [-0.4, -0.2) is 71.6 Å². The van der Waals surface area contributed by atoms with Crippen LogP contribution in [0.25, 0.3) is 0 Å². The minimum Gasteiger partial charge on any atom is -0.475 e. The third-order valence-electron chi connectivity index (χ3n) is 5.51. The SMILES string of the molecule is Cc1cccc(CN(CCC(=O)N2CCNCC2)C(=O)c2ccc(C(F)(F)F)cc2)c1.O=C(O)C(F)(F)F. The first-order valence-electron chi connectivity index (χ1n) is 11.5. The fourth-order valence-electron chi connectivity index (χ4n) is 3.57. The van der Waals surface area contributed by atoms with E-state index >= 15 is 0 Å². The smallest absolute Gasteiger partial charge is 0.475 e. The second-order valence-electron chi connectivity index (χ2n) is 8.47. The summed E-state index contributed by atoms with van der Waals surface area (Å²) in [5.74, 6) is -3.19. The number of aryl methyl sites for hydroxylation is 1. The van der Waals surface area contributed by atoms with Crippen LogP contribution in [0.4, 0.5) is 26.3 Å². The topological polar surface area (TPSA) is 90.0 Å². The van der Waals surface area contributed by atoms with Crippen LogP contribution in [-0.2, 0) is 22.3 Å². The maximum Gasteiger partial charge on any atom is 0.490 e. The minimum atomic E-state index is -5.08. The van der Waals surface area contributed by atoms with Gasteiger partial charge in [-0.2, -0.15) is 26.3 Å². The number of carboxylic acid groups (broad SMARTS) is 1. The molecule has 3 rings (SSSR count). The van der Waals surface area contributed by atoms with Gasteiger partial charge in [0.15, 0.2) is 0 Å². The van der Waals surface area contributed by atoms with Crippen LogP contribution < -0.4 is 5.32 Å². The molecule has 2 aromatic carbocycles. The highest BCUT2D eigenvalue weighted by Crippen LogP contribution is 2.29. The Morgan fingerprint density at radius 3 is 2.05 bits per heavy atom. The lowest BCUT2D eigenvalue weighted by atomic mass is 10.1. The van der Waals surface area contributed by atoms with Crippen molar-refractivity contribution < 1.29 is 45.8 Å². The van der Waals surface area contributed by atoms with Crippen molar-refractivity contribution in [1.82, 2.24) is 15.1 Å². The highest BCUT2D eigenvalue weighted by atomic mass is 19.4. The first-order chi connectivity index (χ1) is 17.7. The molecule has 1 fully saturated rings. The van der Waals surface area contributed by atoms with Crippen LogP contribution in [0.5, 0.6) is 0 Å². The standard InChI is InChI=1S/C23H26F3N3O2.C2HF3O2/c1-17-3-2-4-18(15-17)16-29(12-9-21(30)28-13-10-27-11-14-28)22(31)19-5-7-20(8-6-19)23(24,25)26;3-2(4,5)1(6)7/h2-8,15,27H,9-14,16H2,1H3;(H,6,7). The number of benzene rings is 2. The molecule has 0 saturated carbocycles.